The Labute approximate surface area is 155 Å². The molecule has 0 amide bonds. The van der Waals surface area contributed by atoms with Crippen molar-refractivity contribution in [2.24, 2.45) is 0 Å². The van der Waals surface area contributed by atoms with Gasteiger partial charge in [0.25, 0.3) is 0 Å². The van der Waals surface area contributed by atoms with Crippen molar-refractivity contribution in [2.45, 2.75) is 76.7 Å². The molecule has 24 heavy (non-hydrogen) atoms. The summed E-state index contributed by atoms with van der Waals surface area (Å²) in [6.07, 6.45) is 15.3. The highest BCUT2D eigenvalue weighted by molar-refractivity contribution is 7.99. The van der Waals surface area contributed by atoms with Gasteiger partial charge in [0.05, 0.1) is 27.2 Å². The molecule has 0 atom stereocenters. The van der Waals surface area contributed by atoms with Gasteiger partial charge in [0, 0.05) is 29.2 Å². The predicted octanol–water partition coefficient (Wildman–Crippen LogP) is 5.30. The van der Waals surface area contributed by atoms with Gasteiger partial charge in [-0.15, -0.1) is 11.8 Å². The number of aryl methyl sites for hydroxylation is 1. The standard InChI is InChI=1S/C21H40N2S/c1-5-7-9-11-15-22-16-13-21(14-17-22)24-20-19-23(3,4)18-12-10-8-6-2/h13-14,16-17H,5-12,15,18-20H2,1-4H3/q+2. The topological polar surface area (TPSA) is 3.88 Å². The van der Waals surface area contributed by atoms with Crippen LogP contribution in [0.5, 0.6) is 0 Å². The van der Waals surface area contributed by atoms with E-state index in [-0.39, 0.29) is 0 Å². The van der Waals surface area contributed by atoms with Crippen LogP contribution in [0.1, 0.15) is 65.2 Å². The van der Waals surface area contributed by atoms with Crippen LogP contribution in [0.4, 0.5) is 0 Å². The first-order chi connectivity index (χ1) is 11.6. The molecule has 0 aliphatic heterocycles. The Hall–Kier alpha value is -0.540. The van der Waals surface area contributed by atoms with Crippen LogP contribution >= 0.6 is 11.8 Å². The van der Waals surface area contributed by atoms with Gasteiger partial charge in [-0.25, -0.2) is 4.57 Å². The summed E-state index contributed by atoms with van der Waals surface area (Å²) in [5, 5.41) is 0. The van der Waals surface area contributed by atoms with Crippen molar-refractivity contribution in [1.29, 1.82) is 0 Å². The predicted molar refractivity (Wildman–Crippen MR) is 107 cm³/mol. The molecule has 1 rings (SSSR count). The van der Waals surface area contributed by atoms with Crippen LogP contribution in [0.2, 0.25) is 0 Å². The van der Waals surface area contributed by atoms with Gasteiger partial charge in [-0.1, -0.05) is 39.5 Å². The summed E-state index contributed by atoms with van der Waals surface area (Å²) in [6.45, 7) is 8.28. The second kappa shape index (κ2) is 12.8. The Morgan fingerprint density at radius 2 is 1.46 bits per heavy atom. The summed E-state index contributed by atoms with van der Waals surface area (Å²) >= 11 is 2.00. The number of nitrogens with zero attached hydrogens (tertiary/aromatic N) is 2. The Bertz CT molecular complexity index is 414. The third-order valence-corrected chi connectivity index (χ3v) is 5.70. The molecule has 0 radical (unpaired) electrons. The van der Waals surface area contributed by atoms with Gasteiger partial charge in [-0.2, -0.15) is 0 Å². The zero-order valence-electron chi connectivity index (χ0n) is 16.6. The first-order valence-corrected chi connectivity index (χ1v) is 11.0. The van der Waals surface area contributed by atoms with E-state index in [4.69, 9.17) is 0 Å². The van der Waals surface area contributed by atoms with E-state index in [2.05, 4.69) is 57.0 Å². The number of rotatable bonds is 14. The van der Waals surface area contributed by atoms with Crippen LogP contribution in [-0.4, -0.2) is 37.4 Å². The van der Waals surface area contributed by atoms with Crippen molar-refractivity contribution in [3.8, 4) is 0 Å². The van der Waals surface area contributed by atoms with Gasteiger partial charge in [-0.3, -0.25) is 0 Å². The lowest BCUT2D eigenvalue weighted by atomic mass is 10.2. The van der Waals surface area contributed by atoms with Crippen LogP contribution < -0.4 is 4.57 Å². The highest BCUT2D eigenvalue weighted by Gasteiger charge is 2.14. The minimum Gasteiger partial charge on any atom is -0.328 e. The van der Waals surface area contributed by atoms with Crippen molar-refractivity contribution < 1.29 is 9.05 Å². The van der Waals surface area contributed by atoms with Gasteiger partial charge in [0.15, 0.2) is 12.4 Å². The largest absolute Gasteiger partial charge is 0.328 e. The molecule has 138 valence electrons. The third-order valence-electron chi connectivity index (χ3n) is 4.71. The van der Waals surface area contributed by atoms with Crippen molar-refractivity contribution in [2.75, 3.05) is 32.9 Å². The van der Waals surface area contributed by atoms with Gasteiger partial charge in [0.1, 0.15) is 6.54 Å². The summed E-state index contributed by atoms with van der Waals surface area (Å²) in [5.41, 5.74) is 0. The third kappa shape index (κ3) is 10.4. The van der Waals surface area contributed by atoms with Gasteiger partial charge in [-0.05, 0) is 19.3 Å². The van der Waals surface area contributed by atoms with Gasteiger partial charge in [0.2, 0.25) is 0 Å². The molecule has 1 heterocycles. The fraction of sp³-hybridized carbons (Fsp3) is 0.762. The number of pyridine rings is 1. The molecule has 1 aromatic heterocycles. The van der Waals surface area contributed by atoms with Crippen LogP contribution in [0.3, 0.4) is 0 Å². The Balaban J connectivity index is 2.22. The summed E-state index contributed by atoms with van der Waals surface area (Å²) in [5.74, 6) is 1.21. The maximum absolute atomic E-state index is 2.38. The monoisotopic (exact) mass is 352 g/mol. The molecule has 0 bridgehead atoms. The molecule has 0 aromatic carbocycles. The van der Waals surface area contributed by atoms with Crippen LogP contribution in [0.15, 0.2) is 29.4 Å². The molecule has 3 heteroatoms. The molecule has 0 aliphatic rings. The number of hydrogen-bond acceptors (Lipinski definition) is 1. The van der Waals surface area contributed by atoms with Crippen LogP contribution in [-0.2, 0) is 6.54 Å². The lowest BCUT2D eigenvalue weighted by Crippen LogP contribution is -2.42. The van der Waals surface area contributed by atoms with Crippen LogP contribution in [0, 0.1) is 0 Å². The Kier molecular flexibility index (Phi) is 11.4. The van der Waals surface area contributed by atoms with E-state index in [0.29, 0.717) is 0 Å². The molecule has 0 spiro atoms. The van der Waals surface area contributed by atoms with Crippen molar-refractivity contribution >= 4 is 11.8 Å². The molecular weight excluding hydrogens is 312 g/mol. The summed E-state index contributed by atoms with van der Waals surface area (Å²) in [7, 11) is 4.75. The first-order valence-electron chi connectivity index (χ1n) is 10.0. The normalized spacial score (nSPS) is 11.8. The smallest absolute Gasteiger partial charge is 0.169 e. The maximum atomic E-state index is 2.38. The molecule has 1 aromatic rings. The van der Waals surface area contributed by atoms with Crippen molar-refractivity contribution in [1.82, 2.24) is 0 Å². The van der Waals surface area contributed by atoms with E-state index in [0.717, 1.165) is 11.0 Å². The summed E-state index contributed by atoms with van der Waals surface area (Å²) in [4.78, 5) is 1.41. The molecule has 0 saturated carbocycles. The fourth-order valence-electron chi connectivity index (χ4n) is 2.90. The summed E-state index contributed by atoms with van der Waals surface area (Å²) in [6, 6.07) is 4.57. The number of quaternary nitrogens is 1. The zero-order valence-corrected chi connectivity index (χ0v) is 17.4. The lowest BCUT2D eigenvalue weighted by molar-refractivity contribution is -0.888. The van der Waals surface area contributed by atoms with E-state index < -0.39 is 0 Å². The van der Waals surface area contributed by atoms with Crippen LogP contribution in [0.25, 0.3) is 0 Å². The molecule has 2 nitrogen and oxygen atoms in total. The SMILES string of the molecule is CCCCCC[n+]1ccc(SCC[N+](C)(C)CCCCCC)cc1. The maximum Gasteiger partial charge on any atom is 0.169 e. The second-order valence-electron chi connectivity index (χ2n) is 7.62. The molecule has 0 unspecified atom stereocenters. The molecule has 0 aliphatic carbocycles. The molecular formula is C21H40N2S+2. The van der Waals surface area contributed by atoms with E-state index in [9.17, 15) is 0 Å². The highest BCUT2D eigenvalue weighted by atomic mass is 32.2. The second-order valence-corrected chi connectivity index (χ2v) is 8.79. The zero-order chi connectivity index (χ0) is 17.7. The van der Waals surface area contributed by atoms with E-state index in [1.807, 2.05) is 11.8 Å². The number of aromatic nitrogens is 1. The lowest BCUT2D eigenvalue weighted by Gasteiger charge is -2.29. The average molecular weight is 353 g/mol. The highest BCUT2D eigenvalue weighted by Crippen LogP contribution is 2.17. The van der Waals surface area contributed by atoms with Crippen molar-refractivity contribution in [3.63, 3.8) is 0 Å². The first kappa shape index (κ1) is 21.5. The molecule has 0 saturated heterocycles. The fourth-order valence-corrected chi connectivity index (χ4v) is 4.03. The summed E-state index contributed by atoms with van der Waals surface area (Å²) < 4.78 is 3.48. The minimum absolute atomic E-state index is 1.15. The van der Waals surface area contributed by atoms with Gasteiger partial charge >= 0.3 is 0 Å². The number of thioether (sulfide) groups is 1. The Morgan fingerprint density at radius 3 is 2.08 bits per heavy atom. The van der Waals surface area contributed by atoms with E-state index in [1.165, 1.54) is 75.1 Å². The Morgan fingerprint density at radius 1 is 0.833 bits per heavy atom. The molecule has 0 fully saturated rings. The number of unbranched alkanes of at least 4 members (excludes halogenated alkanes) is 6. The van der Waals surface area contributed by atoms with Gasteiger partial charge < -0.3 is 4.48 Å². The van der Waals surface area contributed by atoms with Crippen molar-refractivity contribution in [3.05, 3.63) is 24.5 Å². The molecule has 0 N–H and O–H groups in total. The minimum atomic E-state index is 1.15. The number of hydrogen-bond donors (Lipinski definition) is 0. The van der Waals surface area contributed by atoms with E-state index in [1.54, 1.807) is 0 Å². The average Bonchev–Trinajstić information content (AvgIpc) is 2.57. The quantitative estimate of drug-likeness (QED) is 0.190. The van der Waals surface area contributed by atoms with E-state index >= 15 is 0 Å².